The molecule has 224 valence electrons. The molecule has 9 nitrogen and oxygen atoms in total. The molecule has 1 aromatic heterocycles. The lowest BCUT2D eigenvalue weighted by Crippen LogP contribution is -2.24. The molecule has 42 heavy (non-hydrogen) atoms. The molecule has 0 spiro atoms. The summed E-state index contributed by atoms with van der Waals surface area (Å²) >= 11 is 0. The first kappa shape index (κ1) is 29.5. The van der Waals surface area contributed by atoms with E-state index in [4.69, 9.17) is 24.2 Å². The number of nitrogens with one attached hydrogen (secondary N) is 1. The number of rotatable bonds is 12. The molecular weight excluding hydrogens is 528 g/mol. The van der Waals surface area contributed by atoms with E-state index >= 15 is 0 Å². The molecule has 2 aliphatic heterocycles. The standard InChI is InChI=1S/C33H44N6O3/c1-5-40-29-22-25(10-15-28(29)42-21-20-41-27-13-11-26(12-14-27)33(2,3)4)24-34-37-30-23-31(38-16-6-7-17-38)36-32(35-30)39-18-8-9-19-39/h10-15,22-24H,5-9,16-21H2,1-4H3,(H,35,36,37)/b34-24-. The van der Waals surface area contributed by atoms with Crippen molar-refractivity contribution < 1.29 is 14.2 Å². The number of ether oxygens (including phenoxy) is 3. The minimum Gasteiger partial charge on any atom is -0.490 e. The number of nitrogens with zero attached hydrogens (tertiary/aromatic N) is 5. The van der Waals surface area contributed by atoms with Crippen molar-refractivity contribution in [1.29, 1.82) is 0 Å². The molecule has 0 bridgehead atoms. The van der Waals surface area contributed by atoms with E-state index in [9.17, 15) is 0 Å². The minimum absolute atomic E-state index is 0.119. The summed E-state index contributed by atoms with van der Waals surface area (Å²) in [5, 5.41) is 4.49. The number of hydrazone groups is 1. The maximum Gasteiger partial charge on any atom is 0.229 e. The first-order chi connectivity index (χ1) is 20.4. The average molecular weight is 573 g/mol. The van der Waals surface area contributed by atoms with Crippen LogP contribution in [0.1, 0.15) is 64.5 Å². The molecular formula is C33H44N6O3. The van der Waals surface area contributed by atoms with Gasteiger partial charge in [-0.1, -0.05) is 32.9 Å². The van der Waals surface area contributed by atoms with Gasteiger partial charge in [0.15, 0.2) is 17.3 Å². The van der Waals surface area contributed by atoms with Gasteiger partial charge in [0.2, 0.25) is 5.95 Å². The van der Waals surface area contributed by atoms with Gasteiger partial charge in [0.1, 0.15) is 24.8 Å². The fourth-order valence-electron chi connectivity index (χ4n) is 5.17. The van der Waals surface area contributed by atoms with Crippen LogP contribution in [0, 0.1) is 0 Å². The Hall–Kier alpha value is -4.01. The molecule has 2 saturated heterocycles. The highest BCUT2D eigenvalue weighted by Crippen LogP contribution is 2.29. The zero-order valence-electron chi connectivity index (χ0n) is 25.4. The Morgan fingerprint density at radius 3 is 2.19 bits per heavy atom. The number of hydrogen-bond donors (Lipinski definition) is 1. The molecule has 0 unspecified atom stereocenters. The van der Waals surface area contributed by atoms with E-state index in [-0.39, 0.29) is 5.41 Å². The summed E-state index contributed by atoms with van der Waals surface area (Å²) < 4.78 is 17.8. The van der Waals surface area contributed by atoms with Crippen LogP contribution in [0.25, 0.3) is 0 Å². The monoisotopic (exact) mass is 572 g/mol. The quantitative estimate of drug-likeness (QED) is 0.154. The van der Waals surface area contributed by atoms with Gasteiger partial charge in [0.05, 0.1) is 12.8 Å². The van der Waals surface area contributed by atoms with Crippen LogP contribution in [0.4, 0.5) is 17.6 Å². The Morgan fingerprint density at radius 2 is 1.50 bits per heavy atom. The summed E-state index contributed by atoms with van der Waals surface area (Å²) in [5.41, 5.74) is 5.42. The lowest BCUT2D eigenvalue weighted by Gasteiger charge is -2.21. The van der Waals surface area contributed by atoms with Gasteiger partial charge in [-0.15, -0.1) is 0 Å². The molecule has 2 aromatic carbocycles. The third-order valence-electron chi connectivity index (χ3n) is 7.51. The molecule has 3 aromatic rings. The van der Waals surface area contributed by atoms with Crippen LogP contribution < -0.4 is 29.4 Å². The number of aromatic nitrogens is 2. The fraction of sp³-hybridized carbons (Fsp3) is 0.485. The summed E-state index contributed by atoms with van der Waals surface area (Å²) in [4.78, 5) is 14.2. The van der Waals surface area contributed by atoms with E-state index in [1.165, 1.54) is 31.2 Å². The molecule has 0 radical (unpaired) electrons. The van der Waals surface area contributed by atoms with Crippen molar-refractivity contribution in [3.05, 3.63) is 59.7 Å². The summed E-state index contributed by atoms with van der Waals surface area (Å²) in [6.45, 7) is 14.0. The molecule has 0 aliphatic carbocycles. The minimum atomic E-state index is 0.119. The van der Waals surface area contributed by atoms with Gasteiger partial charge in [-0.3, -0.25) is 5.43 Å². The Bertz CT molecular complexity index is 1290. The van der Waals surface area contributed by atoms with Crippen LogP contribution in [0.3, 0.4) is 0 Å². The van der Waals surface area contributed by atoms with Gasteiger partial charge >= 0.3 is 0 Å². The molecule has 0 saturated carbocycles. The van der Waals surface area contributed by atoms with Crippen LogP contribution in [0.15, 0.2) is 53.6 Å². The lowest BCUT2D eigenvalue weighted by atomic mass is 9.87. The Balaban J connectivity index is 1.19. The van der Waals surface area contributed by atoms with Gasteiger partial charge in [-0.25, -0.2) is 0 Å². The van der Waals surface area contributed by atoms with E-state index in [2.05, 4.69) is 53.2 Å². The smallest absolute Gasteiger partial charge is 0.229 e. The second-order valence-electron chi connectivity index (χ2n) is 11.8. The largest absolute Gasteiger partial charge is 0.490 e. The summed E-state index contributed by atoms with van der Waals surface area (Å²) in [5.74, 6) is 4.62. The second-order valence-corrected chi connectivity index (χ2v) is 11.8. The maximum absolute atomic E-state index is 6.01. The average Bonchev–Trinajstić information content (AvgIpc) is 3.72. The van der Waals surface area contributed by atoms with Crippen molar-refractivity contribution in [2.75, 3.05) is 61.2 Å². The van der Waals surface area contributed by atoms with E-state index in [0.717, 1.165) is 49.3 Å². The second kappa shape index (κ2) is 13.8. The highest BCUT2D eigenvalue weighted by molar-refractivity contribution is 5.81. The highest BCUT2D eigenvalue weighted by Gasteiger charge is 2.20. The number of hydrogen-bond acceptors (Lipinski definition) is 9. The summed E-state index contributed by atoms with van der Waals surface area (Å²) in [6.07, 6.45) is 6.52. The van der Waals surface area contributed by atoms with E-state index < -0.39 is 0 Å². The highest BCUT2D eigenvalue weighted by atomic mass is 16.5. The summed E-state index contributed by atoms with van der Waals surface area (Å²) in [6, 6.07) is 16.0. The third-order valence-corrected chi connectivity index (χ3v) is 7.51. The van der Waals surface area contributed by atoms with E-state index in [0.29, 0.717) is 37.1 Å². The van der Waals surface area contributed by atoms with Crippen molar-refractivity contribution in [2.45, 2.75) is 58.8 Å². The van der Waals surface area contributed by atoms with Crippen molar-refractivity contribution in [3.8, 4) is 17.2 Å². The van der Waals surface area contributed by atoms with Crippen molar-refractivity contribution >= 4 is 23.8 Å². The maximum atomic E-state index is 6.01. The SMILES string of the molecule is CCOc1cc(/C=N\Nc2cc(N3CCCC3)nc(N3CCCC3)n2)ccc1OCCOc1ccc(C(C)(C)C)cc1. The molecule has 0 atom stereocenters. The third kappa shape index (κ3) is 7.84. The molecule has 2 aliphatic rings. The van der Waals surface area contributed by atoms with Crippen molar-refractivity contribution in [1.82, 2.24) is 9.97 Å². The van der Waals surface area contributed by atoms with Crippen LogP contribution in [0.5, 0.6) is 17.2 Å². The number of anilines is 3. The molecule has 2 fully saturated rings. The van der Waals surface area contributed by atoms with Gasteiger partial charge in [-0.2, -0.15) is 15.1 Å². The zero-order valence-corrected chi connectivity index (χ0v) is 25.4. The van der Waals surface area contributed by atoms with Gasteiger partial charge in [0.25, 0.3) is 0 Å². The van der Waals surface area contributed by atoms with Gasteiger partial charge < -0.3 is 24.0 Å². The summed E-state index contributed by atoms with van der Waals surface area (Å²) in [7, 11) is 0. The van der Waals surface area contributed by atoms with Crippen LogP contribution in [0.2, 0.25) is 0 Å². The Morgan fingerprint density at radius 1 is 0.810 bits per heavy atom. The fourth-order valence-corrected chi connectivity index (χ4v) is 5.17. The van der Waals surface area contributed by atoms with Gasteiger partial charge in [-0.05, 0) is 79.5 Å². The molecule has 9 heteroatoms. The van der Waals surface area contributed by atoms with Crippen LogP contribution in [-0.2, 0) is 5.41 Å². The van der Waals surface area contributed by atoms with E-state index in [1.807, 2.05) is 43.3 Å². The molecule has 1 N–H and O–H groups in total. The lowest BCUT2D eigenvalue weighted by molar-refractivity contribution is 0.208. The first-order valence-electron chi connectivity index (χ1n) is 15.2. The first-order valence-corrected chi connectivity index (χ1v) is 15.2. The van der Waals surface area contributed by atoms with Crippen molar-refractivity contribution in [3.63, 3.8) is 0 Å². The topological polar surface area (TPSA) is 84.3 Å². The molecule has 0 amide bonds. The van der Waals surface area contributed by atoms with Crippen molar-refractivity contribution in [2.24, 2.45) is 5.10 Å². The normalized spacial score (nSPS) is 15.4. The van der Waals surface area contributed by atoms with Crippen LogP contribution >= 0.6 is 0 Å². The Kier molecular flexibility index (Phi) is 9.66. The number of benzene rings is 2. The molecule has 3 heterocycles. The Labute approximate surface area is 249 Å². The molecule has 5 rings (SSSR count). The van der Waals surface area contributed by atoms with E-state index in [1.54, 1.807) is 6.21 Å². The van der Waals surface area contributed by atoms with Gasteiger partial charge in [0, 0.05) is 32.2 Å². The predicted molar refractivity (Wildman–Crippen MR) is 170 cm³/mol. The van der Waals surface area contributed by atoms with Crippen LogP contribution in [-0.4, -0.2) is 62.2 Å². The predicted octanol–water partition coefficient (Wildman–Crippen LogP) is 6.28. The zero-order chi connectivity index (χ0) is 29.4.